The SMILES string of the molecule is CC(C)(CO)C(O)C(=O)NCCC(=O)O.O=C(O)CCC(O)C(=O)O. The largest absolute Gasteiger partial charge is 0.481 e. The molecule has 0 aliphatic heterocycles. The molecule has 0 heterocycles. The number of rotatable bonds is 10. The minimum absolute atomic E-state index is 0.0350. The summed E-state index contributed by atoms with van der Waals surface area (Å²) in [5.41, 5.74) is -0.937. The van der Waals surface area contributed by atoms with Gasteiger partial charge in [0.05, 0.1) is 13.0 Å². The summed E-state index contributed by atoms with van der Waals surface area (Å²) in [6, 6.07) is 0. The summed E-state index contributed by atoms with van der Waals surface area (Å²) in [7, 11) is 0. The Hall–Kier alpha value is -2.24. The van der Waals surface area contributed by atoms with Crippen molar-refractivity contribution in [3.05, 3.63) is 0 Å². The van der Waals surface area contributed by atoms with Crippen molar-refractivity contribution in [3.63, 3.8) is 0 Å². The Balaban J connectivity index is 0. The van der Waals surface area contributed by atoms with Crippen molar-refractivity contribution in [1.82, 2.24) is 5.32 Å². The van der Waals surface area contributed by atoms with Gasteiger partial charge in [-0.25, -0.2) is 4.79 Å². The molecule has 2 unspecified atom stereocenters. The molecule has 0 radical (unpaired) electrons. The van der Waals surface area contributed by atoms with E-state index in [2.05, 4.69) is 5.32 Å². The second kappa shape index (κ2) is 12.2. The van der Waals surface area contributed by atoms with Crippen LogP contribution in [-0.4, -0.2) is 79.8 Å². The lowest BCUT2D eigenvalue weighted by molar-refractivity contribution is -0.148. The molecule has 1 amide bonds. The predicted octanol–water partition coefficient (Wildman–Crippen LogP) is -1.75. The second-order valence-corrected chi connectivity index (χ2v) is 5.77. The van der Waals surface area contributed by atoms with E-state index in [1.807, 2.05) is 0 Å². The number of aliphatic carboxylic acids is 3. The molecule has 146 valence electrons. The molecule has 25 heavy (non-hydrogen) atoms. The zero-order chi connectivity index (χ0) is 20.2. The van der Waals surface area contributed by atoms with Gasteiger partial charge in [-0.2, -0.15) is 0 Å². The molecule has 0 spiro atoms. The standard InChI is InChI=1S/C9H17NO5.C5H8O5/c1-9(2,5-11)7(14)8(15)10-4-3-6(12)13;6-3(5(9)10)1-2-4(7)8/h7,11,14H,3-5H2,1-2H3,(H,10,15)(H,12,13);3,6H,1-2H2,(H,7,8)(H,9,10). The highest BCUT2D eigenvalue weighted by molar-refractivity contribution is 5.81. The zero-order valence-corrected chi connectivity index (χ0v) is 14.0. The normalized spacial score (nSPS) is 13.0. The van der Waals surface area contributed by atoms with Crippen molar-refractivity contribution in [2.45, 2.75) is 45.3 Å². The van der Waals surface area contributed by atoms with E-state index in [0.717, 1.165) is 0 Å². The minimum Gasteiger partial charge on any atom is -0.481 e. The highest BCUT2D eigenvalue weighted by Crippen LogP contribution is 2.19. The first kappa shape index (κ1) is 25.0. The van der Waals surface area contributed by atoms with Crippen LogP contribution in [0.3, 0.4) is 0 Å². The van der Waals surface area contributed by atoms with Crippen LogP contribution >= 0.6 is 0 Å². The summed E-state index contributed by atoms with van der Waals surface area (Å²) in [6.45, 7) is 2.70. The summed E-state index contributed by atoms with van der Waals surface area (Å²) in [5.74, 6) is -4.19. The van der Waals surface area contributed by atoms with Crippen LogP contribution in [0.4, 0.5) is 0 Å². The number of aliphatic hydroxyl groups is 3. The number of nitrogens with one attached hydrogen (secondary N) is 1. The van der Waals surface area contributed by atoms with E-state index in [1.165, 1.54) is 13.8 Å². The Bertz CT molecular complexity index is 463. The number of carbonyl (C=O) groups excluding carboxylic acids is 1. The van der Waals surface area contributed by atoms with Crippen molar-refractivity contribution in [2.24, 2.45) is 5.41 Å². The molecule has 0 rings (SSSR count). The molecule has 0 aromatic heterocycles. The molecule has 0 aromatic carbocycles. The Labute approximate surface area is 143 Å². The number of amides is 1. The van der Waals surface area contributed by atoms with Gasteiger partial charge in [-0.05, 0) is 6.42 Å². The van der Waals surface area contributed by atoms with Gasteiger partial charge >= 0.3 is 17.9 Å². The predicted molar refractivity (Wildman–Crippen MR) is 82.6 cm³/mol. The lowest BCUT2D eigenvalue weighted by atomic mass is 9.87. The molecule has 0 fully saturated rings. The van der Waals surface area contributed by atoms with Crippen LogP contribution in [0.2, 0.25) is 0 Å². The molecule has 2 atom stereocenters. The third-order valence-electron chi connectivity index (χ3n) is 2.95. The van der Waals surface area contributed by atoms with E-state index in [9.17, 15) is 24.3 Å². The lowest BCUT2D eigenvalue weighted by Gasteiger charge is -2.26. The fraction of sp³-hybridized carbons (Fsp3) is 0.714. The van der Waals surface area contributed by atoms with Crippen molar-refractivity contribution in [1.29, 1.82) is 0 Å². The first-order valence-corrected chi connectivity index (χ1v) is 7.26. The summed E-state index contributed by atoms with van der Waals surface area (Å²) >= 11 is 0. The smallest absolute Gasteiger partial charge is 0.332 e. The van der Waals surface area contributed by atoms with Crippen molar-refractivity contribution < 1.29 is 49.8 Å². The van der Waals surface area contributed by atoms with Gasteiger partial charge in [-0.1, -0.05) is 13.8 Å². The third-order valence-corrected chi connectivity index (χ3v) is 2.95. The number of carboxylic acid groups (broad SMARTS) is 3. The molecule has 0 aliphatic carbocycles. The zero-order valence-electron chi connectivity index (χ0n) is 14.0. The monoisotopic (exact) mass is 367 g/mol. The molecule has 0 saturated carbocycles. The molecule has 11 nitrogen and oxygen atoms in total. The quantitative estimate of drug-likeness (QED) is 0.232. The molecule has 0 aliphatic rings. The van der Waals surface area contributed by atoms with E-state index in [0.29, 0.717) is 0 Å². The highest BCUT2D eigenvalue weighted by atomic mass is 16.4. The van der Waals surface area contributed by atoms with Crippen LogP contribution < -0.4 is 5.32 Å². The van der Waals surface area contributed by atoms with Gasteiger partial charge in [0.2, 0.25) is 5.91 Å². The Morgan fingerprint density at radius 2 is 1.44 bits per heavy atom. The number of carbonyl (C=O) groups is 4. The van der Waals surface area contributed by atoms with Gasteiger partial charge in [0.25, 0.3) is 0 Å². The van der Waals surface area contributed by atoms with Crippen LogP contribution in [0.25, 0.3) is 0 Å². The van der Waals surface area contributed by atoms with Gasteiger partial charge in [-0.3, -0.25) is 14.4 Å². The first-order valence-electron chi connectivity index (χ1n) is 7.26. The van der Waals surface area contributed by atoms with Gasteiger partial charge in [0, 0.05) is 18.4 Å². The summed E-state index contributed by atoms with van der Waals surface area (Å²) in [6.07, 6.45) is -3.68. The maximum Gasteiger partial charge on any atom is 0.332 e. The average molecular weight is 367 g/mol. The third kappa shape index (κ3) is 12.8. The van der Waals surface area contributed by atoms with Crippen molar-refractivity contribution in [3.8, 4) is 0 Å². The van der Waals surface area contributed by atoms with Crippen molar-refractivity contribution in [2.75, 3.05) is 13.2 Å². The van der Waals surface area contributed by atoms with E-state index in [4.69, 9.17) is 25.5 Å². The topological polar surface area (TPSA) is 202 Å². The number of aliphatic hydroxyl groups excluding tert-OH is 3. The van der Waals surface area contributed by atoms with Crippen LogP contribution in [0.15, 0.2) is 0 Å². The van der Waals surface area contributed by atoms with Gasteiger partial charge in [-0.15, -0.1) is 0 Å². The van der Waals surface area contributed by atoms with Crippen LogP contribution in [0.1, 0.15) is 33.1 Å². The fourth-order valence-electron chi connectivity index (χ4n) is 1.21. The Morgan fingerprint density at radius 3 is 1.80 bits per heavy atom. The lowest BCUT2D eigenvalue weighted by Crippen LogP contribution is -2.45. The van der Waals surface area contributed by atoms with Crippen LogP contribution in [0, 0.1) is 5.41 Å². The summed E-state index contributed by atoms with van der Waals surface area (Å²) in [5, 5.41) is 53.6. The molecule has 0 bridgehead atoms. The average Bonchev–Trinajstić information content (AvgIpc) is 2.51. The Morgan fingerprint density at radius 1 is 0.960 bits per heavy atom. The van der Waals surface area contributed by atoms with E-state index >= 15 is 0 Å². The summed E-state index contributed by atoms with van der Waals surface area (Å²) < 4.78 is 0. The molecule has 11 heteroatoms. The number of carboxylic acids is 3. The number of hydrogen-bond acceptors (Lipinski definition) is 7. The van der Waals surface area contributed by atoms with Gasteiger partial charge in [0.1, 0.15) is 6.10 Å². The Kier molecular flexibility index (Phi) is 12.2. The molecular weight excluding hydrogens is 342 g/mol. The van der Waals surface area contributed by atoms with Crippen LogP contribution in [-0.2, 0) is 19.2 Å². The molecule has 0 saturated heterocycles. The highest BCUT2D eigenvalue weighted by Gasteiger charge is 2.32. The van der Waals surface area contributed by atoms with Crippen LogP contribution in [0.5, 0.6) is 0 Å². The van der Waals surface area contributed by atoms with E-state index in [-0.39, 0.29) is 32.4 Å². The van der Waals surface area contributed by atoms with E-state index in [1.54, 1.807) is 0 Å². The fourth-order valence-corrected chi connectivity index (χ4v) is 1.21. The van der Waals surface area contributed by atoms with Gasteiger partial charge in [0.15, 0.2) is 6.10 Å². The molecular formula is C14H25NO10. The summed E-state index contributed by atoms with van der Waals surface area (Å²) in [4.78, 5) is 41.1. The maximum atomic E-state index is 11.3. The molecule has 7 N–H and O–H groups in total. The van der Waals surface area contributed by atoms with E-state index < -0.39 is 41.4 Å². The maximum absolute atomic E-state index is 11.3. The first-order chi connectivity index (χ1) is 11.3. The number of hydrogen-bond donors (Lipinski definition) is 7. The molecule has 0 aromatic rings. The minimum atomic E-state index is -1.56. The second-order valence-electron chi connectivity index (χ2n) is 5.77. The van der Waals surface area contributed by atoms with Crippen molar-refractivity contribution >= 4 is 23.8 Å². The van der Waals surface area contributed by atoms with Gasteiger partial charge < -0.3 is 36.0 Å².